The Labute approximate surface area is 168 Å². The summed E-state index contributed by atoms with van der Waals surface area (Å²) in [5.74, 6) is 0.194. The molecule has 2 N–H and O–H groups in total. The quantitative estimate of drug-likeness (QED) is 0.575. The average molecular weight is 433 g/mol. The number of amides is 2. The molecule has 2 amide bonds. The Kier molecular flexibility index (Phi) is 7.85. The lowest BCUT2D eigenvalue weighted by molar-refractivity contribution is 0.0944. The highest BCUT2D eigenvalue weighted by Crippen LogP contribution is 2.27. The minimum absolute atomic E-state index is 0.0115. The van der Waals surface area contributed by atoms with Crippen LogP contribution < -0.4 is 15.4 Å². The molecule has 0 saturated carbocycles. The molecule has 2 aromatic rings. The largest absolute Gasteiger partial charge is 0.492 e. The van der Waals surface area contributed by atoms with Gasteiger partial charge >= 0.3 is 0 Å². The molecule has 0 saturated heterocycles. The van der Waals surface area contributed by atoms with Crippen molar-refractivity contribution < 1.29 is 14.3 Å². The number of unbranched alkanes of at least 4 members (excludes halogenated alkanes) is 1. The first-order valence-electron chi connectivity index (χ1n) is 9.06. The number of anilines is 1. The van der Waals surface area contributed by atoms with Gasteiger partial charge in [0.15, 0.2) is 0 Å². The molecule has 0 unspecified atom stereocenters. The minimum atomic E-state index is -0.291. The van der Waals surface area contributed by atoms with E-state index in [-0.39, 0.29) is 17.9 Å². The summed E-state index contributed by atoms with van der Waals surface area (Å²) in [6.45, 7) is 6.52. The van der Waals surface area contributed by atoms with E-state index in [0.29, 0.717) is 29.2 Å². The first kappa shape index (κ1) is 21.0. The highest BCUT2D eigenvalue weighted by Gasteiger charge is 2.15. The third-order valence-corrected chi connectivity index (χ3v) is 4.41. The molecular weight excluding hydrogens is 408 g/mol. The molecule has 0 aliphatic heterocycles. The van der Waals surface area contributed by atoms with Crippen LogP contribution >= 0.6 is 15.9 Å². The van der Waals surface area contributed by atoms with Crippen LogP contribution in [-0.2, 0) is 0 Å². The third kappa shape index (κ3) is 6.10. The van der Waals surface area contributed by atoms with E-state index >= 15 is 0 Å². The summed E-state index contributed by atoms with van der Waals surface area (Å²) in [5, 5.41) is 5.66. The van der Waals surface area contributed by atoms with Crippen LogP contribution in [0.2, 0.25) is 0 Å². The second-order valence-electron chi connectivity index (χ2n) is 6.48. The second-order valence-corrected chi connectivity index (χ2v) is 7.33. The van der Waals surface area contributed by atoms with Gasteiger partial charge in [-0.05, 0) is 66.5 Å². The lowest BCUT2D eigenvalue weighted by Gasteiger charge is -2.14. The average Bonchev–Trinajstić information content (AvgIpc) is 2.63. The van der Waals surface area contributed by atoms with Crippen LogP contribution in [-0.4, -0.2) is 24.5 Å². The maximum Gasteiger partial charge on any atom is 0.255 e. The van der Waals surface area contributed by atoms with Gasteiger partial charge < -0.3 is 15.4 Å². The molecule has 0 bridgehead atoms. The van der Waals surface area contributed by atoms with Crippen LogP contribution in [0.4, 0.5) is 5.69 Å². The normalized spacial score (nSPS) is 10.6. The molecule has 0 spiro atoms. The van der Waals surface area contributed by atoms with Gasteiger partial charge in [0.2, 0.25) is 0 Å². The van der Waals surface area contributed by atoms with Crippen molar-refractivity contribution >= 4 is 33.4 Å². The number of carbonyl (C=O) groups excluding carboxylic acids is 2. The fraction of sp³-hybridized carbons (Fsp3) is 0.333. The van der Waals surface area contributed by atoms with Gasteiger partial charge in [-0.25, -0.2) is 0 Å². The fourth-order valence-corrected chi connectivity index (χ4v) is 2.90. The van der Waals surface area contributed by atoms with E-state index in [2.05, 4.69) is 33.5 Å². The molecule has 0 fully saturated rings. The van der Waals surface area contributed by atoms with Gasteiger partial charge in [-0.2, -0.15) is 0 Å². The van der Waals surface area contributed by atoms with Crippen molar-refractivity contribution in [1.82, 2.24) is 5.32 Å². The zero-order chi connectivity index (χ0) is 19.8. The van der Waals surface area contributed by atoms with Crippen LogP contribution in [0.25, 0.3) is 0 Å². The summed E-state index contributed by atoms with van der Waals surface area (Å²) in [7, 11) is 0. The summed E-state index contributed by atoms with van der Waals surface area (Å²) >= 11 is 3.45. The molecule has 0 radical (unpaired) electrons. The molecular formula is C21H25BrN2O3. The topological polar surface area (TPSA) is 67.4 Å². The zero-order valence-corrected chi connectivity index (χ0v) is 17.4. The van der Waals surface area contributed by atoms with E-state index in [0.717, 1.165) is 17.3 Å². The van der Waals surface area contributed by atoms with Gasteiger partial charge in [-0.3, -0.25) is 9.59 Å². The summed E-state index contributed by atoms with van der Waals surface area (Å²) in [6, 6.07) is 12.2. The van der Waals surface area contributed by atoms with Gasteiger partial charge in [0, 0.05) is 11.6 Å². The fourth-order valence-electron chi connectivity index (χ4n) is 2.41. The second kappa shape index (κ2) is 10.1. The highest BCUT2D eigenvalue weighted by atomic mass is 79.9. The predicted molar refractivity (Wildman–Crippen MR) is 112 cm³/mol. The van der Waals surface area contributed by atoms with Crippen molar-refractivity contribution in [2.75, 3.05) is 11.9 Å². The number of rotatable bonds is 8. The van der Waals surface area contributed by atoms with Gasteiger partial charge in [0.05, 0.1) is 22.3 Å². The van der Waals surface area contributed by atoms with Gasteiger partial charge in [0.25, 0.3) is 11.8 Å². The lowest BCUT2D eigenvalue weighted by Crippen LogP contribution is -2.31. The Morgan fingerprint density at radius 3 is 2.52 bits per heavy atom. The van der Waals surface area contributed by atoms with Gasteiger partial charge in [-0.15, -0.1) is 0 Å². The summed E-state index contributed by atoms with van der Waals surface area (Å²) < 4.78 is 6.41. The Morgan fingerprint density at radius 1 is 1.11 bits per heavy atom. The minimum Gasteiger partial charge on any atom is -0.492 e. The predicted octanol–water partition coefficient (Wildman–Crippen LogP) is 5.02. The molecule has 27 heavy (non-hydrogen) atoms. The van der Waals surface area contributed by atoms with Crippen molar-refractivity contribution in [3.05, 3.63) is 58.1 Å². The SMILES string of the molecule is CCCCOc1ccc(C(=O)Nc2ccccc2C(=O)NC(C)C)cc1Br. The maximum absolute atomic E-state index is 12.6. The highest BCUT2D eigenvalue weighted by molar-refractivity contribution is 9.10. The smallest absolute Gasteiger partial charge is 0.255 e. The van der Waals surface area contributed by atoms with Crippen LogP contribution in [0, 0.1) is 0 Å². The lowest BCUT2D eigenvalue weighted by atomic mass is 10.1. The van der Waals surface area contributed by atoms with Crippen molar-refractivity contribution in [2.24, 2.45) is 0 Å². The van der Waals surface area contributed by atoms with Crippen LogP contribution in [0.5, 0.6) is 5.75 Å². The number of para-hydroxylation sites is 1. The first-order valence-corrected chi connectivity index (χ1v) is 9.85. The van der Waals surface area contributed by atoms with E-state index in [9.17, 15) is 9.59 Å². The van der Waals surface area contributed by atoms with E-state index in [4.69, 9.17) is 4.74 Å². The van der Waals surface area contributed by atoms with E-state index in [1.165, 1.54) is 0 Å². The van der Waals surface area contributed by atoms with E-state index in [1.54, 1.807) is 42.5 Å². The summed E-state index contributed by atoms with van der Waals surface area (Å²) in [6.07, 6.45) is 2.03. The number of ether oxygens (including phenoxy) is 1. The van der Waals surface area contributed by atoms with E-state index in [1.807, 2.05) is 13.8 Å². The number of benzene rings is 2. The monoisotopic (exact) mass is 432 g/mol. The number of nitrogens with one attached hydrogen (secondary N) is 2. The number of halogens is 1. The maximum atomic E-state index is 12.6. The Balaban J connectivity index is 2.14. The van der Waals surface area contributed by atoms with Crippen molar-refractivity contribution in [1.29, 1.82) is 0 Å². The molecule has 0 aliphatic carbocycles. The molecule has 144 valence electrons. The van der Waals surface area contributed by atoms with Crippen LogP contribution in [0.1, 0.15) is 54.3 Å². The Bertz CT molecular complexity index is 806. The summed E-state index contributed by atoms with van der Waals surface area (Å²) in [4.78, 5) is 25.0. The van der Waals surface area contributed by atoms with Gasteiger partial charge in [0.1, 0.15) is 5.75 Å². The first-order chi connectivity index (χ1) is 12.9. The van der Waals surface area contributed by atoms with Crippen molar-refractivity contribution in [2.45, 2.75) is 39.7 Å². The van der Waals surface area contributed by atoms with E-state index < -0.39 is 0 Å². The molecule has 5 nitrogen and oxygen atoms in total. The molecule has 0 heterocycles. The standard InChI is InChI=1S/C21H25BrN2O3/c1-4-5-12-27-19-11-10-15(13-17(19)22)20(25)24-18-9-7-6-8-16(18)21(26)23-14(2)3/h6-11,13-14H,4-5,12H2,1-3H3,(H,23,26)(H,24,25). The molecule has 6 heteroatoms. The molecule has 2 rings (SSSR count). The molecule has 0 aromatic heterocycles. The van der Waals surface area contributed by atoms with Crippen LogP contribution in [0.15, 0.2) is 46.9 Å². The number of carbonyl (C=O) groups is 2. The number of hydrogen-bond acceptors (Lipinski definition) is 3. The van der Waals surface area contributed by atoms with Crippen LogP contribution in [0.3, 0.4) is 0 Å². The summed E-state index contributed by atoms with van der Waals surface area (Å²) in [5.41, 5.74) is 1.38. The van der Waals surface area contributed by atoms with Crippen molar-refractivity contribution in [3.63, 3.8) is 0 Å². The number of hydrogen-bond donors (Lipinski definition) is 2. The third-order valence-electron chi connectivity index (χ3n) is 3.79. The zero-order valence-electron chi connectivity index (χ0n) is 15.8. The Morgan fingerprint density at radius 2 is 1.85 bits per heavy atom. The molecule has 0 aliphatic rings. The Hall–Kier alpha value is -2.34. The van der Waals surface area contributed by atoms with Gasteiger partial charge in [-0.1, -0.05) is 25.5 Å². The van der Waals surface area contributed by atoms with Crippen molar-refractivity contribution in [3.8, 4) is 5.75 Å². The molecule has 0 atom stereocenters. The molecule has 2 aromatic carbocycles.